The number of hydrogen-bond donors (Lipinski definition) is 0. The van der Waals surface area contributed by atoms with Crippen molar-refractivity contribution >= 4 is 11.0 Å². The smallest absolute Gasteiger partial charge is 0.176 e. The summed E-state index contributed by atoms with van der Waals surface area (Å²) in [7, 11) is 0. The van der Waals surface area contributed by atoms with E-state index in [2.05, 4.69) is 77.6 Å². The van der Waals surface area contributed by atoms with Crippen LogP contribution in [0, 0.1) is 13.8 Å². The fourth-order valence-corrected chi connectivity index (χ4v) is 5.15. The largest absolute Gasteiger partial charge is 0.459 e. The lowest BCUT2D eigenvalue weighted by molar-refractivity contribution is 0.150. The van der Waals surface area contributed by atoms with Crippen molar-refractivity contribution in [3.63, 3.8) is 0 Å². The Labute approximate surface area is 195 Å². The van der Waals surface area contributed by atoms with Crippen molar-refractivity contribution in [1.29, 1.82) is 0 Å². The third-order valence-electron chi connectivity index (χ3n) is 7.01. The summed E-state index contributed by atoms with van der Waals surface area (Å²) < 4.78 is 8.33. The molecule has 0 bridgehead atoms. The van der Waals surface area contributed by atoms with Crippen molar-refractivity contribution in [1.82, 2.24) is 25.1 Å². The second-order valence-corrected chi connectivity index (χ2v) is 9.37. The molecule has 33 heavy (non-hydrogen) atoms. The van der Waals surface area contributed by atoms with Crippen LogP contribution in [-0.2, 0) is 6.54 Å². The van der Waals surface area contributed by atoms with Crippen LogP contribution in [0.15, 0.2) is 52.9 Å². The second-order valence-electron chi connectivity index (χ2n) is 9.37. The van der Waals surface area contributed by atoms with Crippen LogP contribution < -0.4 is 0 Å². The van der Waals surface area contributed by atoms with Gasteiger partial charge in [-0.15, -0.1) is 5.10 Å². The number of aryl methyl sites for hydroxylation is 3. The SMILES string of the molecule is CCCCn1nnnc1C(c1cc2ccccc2o1)N1CCC(c2cc(C)ccc2C)CC1. The molecule has 6 heteroatoms. The van der Waals surface area contributed by atoms with Crippen molar-refractivity contribution in [2.75, 3.05) is 13.1 Å². The topological polar surface area (TPSA) is 60.0 Å². The van der Waals surface area contributed by atoms with Gasteiger partial charge in [-0.3, -0.25) is 4.90 Å². The highest BCUT2D eigenvalue weighted by molar-refractivity contribution is 5.77. The Kier molecular flexibility index (Phi) is 6.27. The summed E-state index contributed by atoms with van der Waals surface area (Å²) in [4.78, 5) is 2.51. The van der Waals surface area contributed by atoms with Crippen LogP contribution >= 0.6 is 0 Å². The minimum atomic E-state index is -0.0798. The number of tetrazole rings is 1. The van der Waals surface area contributed by atoms with Gasteiger partial charge < -0.3 is 4.42 Å². The molecular weight excluding hydrogens is 410 g/mol. The molecule has 5 rings (SSSR count). The van der Waals surface area contributed by atoms with E-state index in [4.69, 9.17) is 4.42 Å². The molecule has 6 nitrogen and oxygen atoms in total. The highest BCUT2D eigenvalue weighted by Crippen LogP contribution is 2.37. The number of benzene rings is 2. The molecule has 172 valence electrons. The van der Waals surface area contributed by atoms with E-state index >= 15 is 0 Å². The van der Waals surface area contributed by atoms with Crippen LogP contribution in [-0.4, -0.2) is 38.2 Å². The lowest BCUT2D eigenvalue weighted by Gasteiger charge is -2.36. The molecule has 0 saturated carbocycles. The van der Waals surface area contributed by atoms with E-state index < -0.39 is 0 Å². The number of likely N-dealkylation sites (tertiary alicyclic amines) is 1. The summed E-state index contributed by atoms with van der Waals surface area (Å²) in [5, 5.41) is 14.0. The lowest BCUT2D eigenvalue weighted by atomic mass is 9.85. The van der Waals surface area contributed by atoms with E-state index in [-0.39, 0.29) is 6.04 Å². The number of furan rings is 1. The maximum Gasteiger partial charge on any atom is 0.176 e. The van der Waals surface area contributed by atoms with Crippen LogP contribution in [0.2, 0.25) is 0 Å². The second kappa shape index (κ2) is 9.48. The first-order chi connectivity index (χ1) is 16.1. The van der Waals surface area contributed by atoms with Gasteiger partial charge in [-0.25, -0.2) is 4.68 Å². The van der Waals surface area contributed by atoms with E-state index in [1.165, 1.54) is 16.7 Å². The molecule has 0 N–H and O–H groups in total. The van der Waals surface area contributed by atoms with E-state index in [1.807, 2.05) is 16.8 Å². The highest BCUT2D eigenvalue weighted by Gasteiger charge is 2.34. The molecule has 0 aliphatic carbocycles. The Morgan fingerprint density at radius 3 is 2.67 bits per heavy atom. The van der Waals surface area contributed by atoms with E-state index in [9.17, 15) is 0 Å². The highest BCUT2D eigenvalue weighted by atomic mass is 16.3. The molecule has 1 saturated heterocycles. The summed E-state index contributed by atoms with van der Waals surface area (Å²) in [5.74, 6) is 2.40. The quantitative estimate of drug-likeness (QED) is 0.361. The van der Waals surface area contributed by atoms with Gasteiger partial charge in [0.25, 0.3) is 0 Å². The molecule has 2 aromatic carbocycles. The van der Waals surface area contributed by atoms with E-state index in [0.717, 1.165) is 67.9 Å². The van der Waals surface area contributed by atoms with Gasteiger partial charge in [0.15, 0.2) is 5.82 Å². The van der Waals surface area contributed by atoms with Gasteiger partial charge in [0.2, 0.25) is 0 Å². The normalized spacial score (nSPS) is 16.5. The van der Waals surface area contributed by atoms with Gasteiger partial charge >= 0.3 is 0 Å². The van der Waals surface area contributed by atoms with Crippen LogP contribution in [0.3, 0.4) is 0 Å². The number of fused-ring (bicyclic) bond motifs is 1. The summed E-state index contributed by atoms with van der Waals surface area (Å²) in [6.07, 6.45) is 4.41. The Bertz CT molecular complexity index is 1190. The molecule has 1 fully saturated rings. The fraction of sp³-hybridized carbons (Fsp3) is 0.444. The molecule has 1 aliphatic rings. The average molecular weight is 444 g/mol. The Balaban J connectivity index is 1.45. The minimum absolute atomic E-state index is 0.0798. The number of hydrogen-bond acceptors (Lipinski definition) is 5. The summed E-state index contributed by atoms with van der Waals surface area (Å²) in [6, 6.07) is 17.1. The number of para-hydroxylation sites is 1. The van der Waals surface area contributed by atoms with Crippen LogP contribution in [0.4, 0.5) is 0 Å². The lowest BCUT2D eigenvalue weighted by Crippen LogP contribution is -2.38. The standard InChI is InChI=1S/C27H33N5O/c1-4-5-14-32-27(28-29-30-32)26(25-18-22-8-6-7-9-24(22)33-25)31-15-12-21(13-16-31)23-17-19(2)10-11-20(23)3/h6-11,17-18,21,26H,4-5,12-16H2,1-3H3. The van der Waals surface area contributed by atoms with Crippen molar-refractivity contribution in [3.05, 3.63) is 76.8 Å². The maximum atomic E-state index is 6.36. The van der Waals surface area contributed by atoms with Gasteiger partial charge in [0.05, 0.1) is 0 Å². The zero-order valence-corrected chi connectivity index (χ0v) is 19.9. The molecule has 4 aromatic rings. The molecule has 0 spiro atoms. The molecule has 2 aromatic heterocycles. The van der Waals surface area contributed by atoms with Crippen molar-refractivity contribution in [2.24, 2.45) is 0 Å². The first kappa shape index (κ1) is 21.8. The van der Waals surface area contributed by atoms with Crippen LogP contribution in [0.1, 0.15) is 72.8 Å². The third kappa shape index (κ3) is 4.44. The molecule has 1 unspecified atom stereocenters. The number of unbranched alkanes of at least 4 members (excludes halogenated alkanes) is 1. The average Bonchev–Trinajstić information content (AvgIpc) is 3.47. The van der Waals surface area contributed by atoms with Gasteiger partial charge in [-0.05, 0) is 85.8 Å². The number of rotatable bonds is 7. The van der Waals surface area contributed by atoms with Crippen molar-refractivity contribution in [2.45, 2.75) is 65.0 Å². The summed E-state index contributed by atoms with van der Waals surface area (Å²) in [5.41, 5.74) is 5.16. The van der Waals surface area contributed by atoms with Crippen LogP contribution in [0.5, 0.6) is 0 Å². The Hall–Kier alpha value is -2.99. The maximum absolute atomic E-state index is 6.36. The van der Waals surface area contributed by atoms with Gasteiger partial charge in [-0.1, -0.05) is 55.3 Å². The third-order valence-corrected chi connectivity index (χ3v) is 7.01. The molecule has 0 radical (unpaired) electrons. The fourth-order valence-electron chi connectivity index (χ4n) is 5.15. The van der Waals surface area contributed by atoms with E-state index in [1.54, 1.807) is 0 Å². The predicted octanol–water partition coefficient (Wildman–Crippen LogP) is 5.81. The first-order valence-corrected chi connectivity index (χ1v) is 12.2. The molecule has 1 atom stereocenters. The molecule has 1 aliphatic heterocycles. The molecule has 0 amide bonds. The molecular formula is C27H33N5O. The van der Waals surface area contributed by atoms with E-state index in [0.29, 0.717) is 5.92 Å². The Morgan fingerprint density at radius 1 is 1.06 bits per heavy atom. The summed E-state index contributed by atoms with van der Waals surface area (Å²) >= 11 is 0. The Morgan fingerprint density at radius 2 is 1.88 bits per heavy atom. The number of piperidine rings is 1. The zero-order valence-electron chi connectivity index (χ0n) is 19.9. The number of nitrogens with zero attached hydrogens (tertiary/aromatic N) is 5. The monoisotopic (exact) mass is 443 g/mol. The predicted molar refractivity (Wildman–Crippen MR) is 130 cm³/mol. The van der Waals surface area contributed by atoms with Crippen molar-refractivity contribution in [3.8, 4) is 0 Å². The first-order valence-electron chi connectivity index (χ1n) is 12.2. The van der Waals surface area contributed by atoms with Crippen molar-refractivity contribution < 1.29 is 4.42 Å². The van der Waals surface area contributed by atoms with Gasteiger partial charge in [-0.2, -0.15) is 0 Å². The zero-order chi connectivity index (χ0) is 22.8. The van der Waals surface area contributed by atoms with Gasteiger partial charge in [0, 0.05) is 11.9 Å². The van der Waals surface area contributed by atoms with Gasteiger partial charge in [0.1, 0.15) is 17.4 Å². The minimum Gasteiger partial charge on any atom is -0.459 e. The van der Waals surface area contributed by atoms with Crippen LogP contribution in [0.25, 0.3) is 11.0 Å². The summed E-state index contributed by atoms with van der Waals surface area (Å²) in [6.45, 7) is 9.42. The number of aromatic nitrogens is 4. The molecule has 3 heterocycles.